The third kappa shape index (κ3) is 23.6. The van der Waals surface area contributed by atoms with Crippen molar-refractivity contribution < 1.29 is 24.4 Å². The molecule has 5 nitrogen and oxygen atoms in total. The molecule has 45 heavy (non-hydrogen) atoms. The summed E-state index contributed by atoms with van der Waals surface area (Å²) in [5, 5.41) is 21.8. The Kier molecular flexibility index (Phi) is 29.4. The van der Waals surface area contributed by atoms with Crippen LogP contribution in [-0.4, -0.2) is 57.9 Å². The second kappa shape index (κ2) is 31.0. The predicted octanol–water partition coefficient (Wildman–Crippen LogP) is 11.1. The van der Waals surface area contributed by atoms with Gasteiger partial charge in [-0.25, -0.2) is 0 Å². The molecule has 2 N–H and O–H groups in total. The maximum atomic E-state index is 10.9. The Morgan fingerprint density at radius 3 is 1.33 bits per heavy atom. The van der Waals surface area contributed by atoms with E-state index in [1.54, 1.807) is 0 Å². The van der Waals surface area contributed by atoms with Crippen molar-refractivity contribution in [2.45, 2.75) is 218 Å². The van der Waals surface area contributed by atoms with Crippen molar-refractivity contribution in [3.05, 3.63) is 0 Å². The molecule has 0 aromatic heterocycles. The zero-order valence-electron chi connectivity index (χ0n) is 29.5. The molecule has 4 atom stereocenters. The fraction of sp³-hybridized carbons (Fsp3) is 0.947. The molecule has 0 aromatic rings. The molecule has 1 saturated heterocycles. The molecular formula is C38H72O5S2. The van der Waals surface area contributed by atoms with Gasteiger partial charge in [0.05, 0.1) is 13.2 Å². The van der Waals surface area contributed by atoms with Gasteiger partial charge < -0.3 is 24.4 Å². The summed E-state index contributed by atoms with van der Waals surface area (Å²) in [6.45, 7) is 4.51. The van der Waals surface area contributed by atoms with Gasteiger partial charge in [-0.2, -0.15) is 0 Å². The Morgan fingerprint density at radius 2 is 0.956 bits per heavy atom. The van der Waals surface area contributed by atoms with E-state index in [0.717, 1.165) is 32.1 Å². The van der Waals surface area contributed by atoms with Gasteiger partial charge in [0.25, 0.3) is 0 Å². The maximum absolute atomic E-state index is 10.9. The van der Waals surface area contributed by atoms with Crippen LogP contribution >= 0.6 is 24.4 Å². The maximum Gasteiger partial charge on any atom is 0.160 e. The van der Waals surface area contributed by atoms with Gasteiger partial charge in [-0.15, -0.1) is 0 Å². The van der Waals surface area contributed by atoms with E-state index in [4.69, 9.17) is 38.6 Å². The van der Waals surface area contributed by atoms with Crippen LogP contribution < -0.4 is 0 Å². The lowest BCUT2D eigenvalue weighted by atomic mass is 10.0. The highest BCUT2D eigenvalue weighted by atomic mass is 32.1. The Hall–Kier alpha value is -0.340. The normalized spacial score (nSPS) is 18.7. The first-order chi connectivity index (χ1) is 22.0. The van der Waals surface area contributed by atoms with Crippen molar-refractivity contribution in [3.63, 3.8) is 0 Å². The molecule has 0 aromatic carbocycles. The van der Waals surface area contributed by atoms with Crippen LogP contribution in [0.4, 0.5) is 0 Å². The van der Waals surface area contributed by atoms with E-state index >= 15 is 0 Å². The summed E-state index contributed by atoms with van der Waals surface area (Å²) in [7, 11) is 0. The SMILES string of the molecule is CCCCCCCCCCCCCCCC(=S)O[C@H]1CO[C@H]([C@@H](CO)OC(=S)CCCCCCCCCCCCCCC)[C@@H]1O. The first-order valence-electron chi connectivity index (χ1n) is 19.3. The molecule has 0 amide bonds. The minimum absolute atomic E-state index is 0.232. The molecule has 7 heteroatoms. The zero-order valence-corrected chi connectivity index (χ0v) is 31.1. The van der Waals surface area contributed by atoms with Crippen molar-refractivity contribution >= 4 is 34.5 Å². The molecule has 1 heterocycles. The van der Waals surface area contributed by atoms with Gasteiger partial charge in [0, 0.05) is 12.8 Å². The number of hydrogen-bond acceptors (Lipinski definition) is 7. The van der Waals surface area contributed by atoms with E-state index in [2.05, 4.69) is 13.8 Å². The minimum atomic E-state index is -0.911. The summed E-state index contributed by atoms with van der Waals surface area (Å²) in [6.07, 6.45) is 32.7. The van der Waals surface area contributed by atoms with E-state index < -0.39 is 24.4 Å². The molecule has 0 bridgehead atoms. The van der Waals surface area contributed by atoms with Crippen LogP contribution in [0.15, 0.2) is 0 Å². The van der Waals surface area contributed by atoms with Crippen molar-refractivity contribution in [2.24, 2.45) is 0 Å². The lowest BCUT2D eigenvalue weighted by Gasteiger charge is -2.26. The van der Waals surface area contributed by atoms with Crippen LogP contribution in [0.1, 0.15) is 194 Å². The van der Waals surface area contributed by atoms with E-state index in [-0.39, 0.29) is 13.2 Å². The summed E-state index contributed by atoms with van der Waals surface area (Å²) in [5.74, 6) is 0. The van der Waals surface area contributed by atoms with Gasteiger partial charge in [-0.1, -0.05) is 168 Å². The van der Waals surface area contributed by atoms with Crippen LogP contribution in [0.25, 0.3) is 0 Å². The van der Waals surface area contributed by atoms with E-state index in [9.17, 15) is 10.2 Å². The highest BCUT2D eigenvalue weighted by Gasteiger charge is 2.43. The molecule has 0 radical (unpaired) electrons. The number of ether oxygens (including phenoxy) is 3. The Morgan fingerprint density at radius 1 is 0.600 bits per heavy atom. The zero-order chi connectivity index (χ0) is 32.8. The second-order valence-corrected chi connectivity index (χ2v) is 14.4. The Bertz CT molecular complexity index is 691. The van der Waals surface area contributed by atoms with Crippen molar-refractivity contribution in [1.29, 1.82) is 0 Å². The topological polar surface area (TPSA) is 68.2 Å². The van der Waals surface area contributed by atoms with E-state index in [1.165, 1.54) is 141 Å². The number of thiocarbonyl (C=S) groups is 2. The summed E-state index contributed by atoms with van der Waals surface area (Å²) in [6, 6.07) is 0. The lowest BCUT2D eigenvalue weighted by molar-refractivity contribution is -0.0615. The van der Waals surface area contributed by atoms with Gasteiger partial charge in [-0.05, 0) is 37.3 Å². The quantitative estimate of drug-likeness (QED) is 0.0544. The molecule has 0 aliphatic carbocycles. The molecule has 0 unspecified atom stereocenters. The van der Waals surface area contributed by atoms with Gasteiger partial charge in [0.1, 0.15) is 12.2 Å². The number of aliphatic hydroxyl groups is 2. The molecule has 1 fully saturated rings. The van der Waals surface area contributed by atoms with Crippen LogP contribution in [-0.2, 0) is 14.2 Å². The molecule has 1 aliphatic heterocycles. The summed E-state index contributed by atoms with van der Waals surface area (Å²) >= 11 is 10.9. The van der Waals surface area contributed by atoms with E-state index in [1.807, 2.05) is 0 Å². The van der Waals surface area contributed by atoms with Crippen LogP contribution in [0, 0.1) is 0 Å². The average Bonchev–Trinajstić information content (AvgIpc) is 3.39. The summed E-state index contributed by atoms with van der Waals surface area (Å²) in [4.78, 5) is 0. The van der Waals surface area contributed by atoms with Crippen molar-refractivity contribution in [1.82, 2.24) is 0 Å². The predicted molar refractivity (Wildman–Crippen MR) is 198 cm³/mol. The molecule has 0 spiro atoms. The number of aliphatic hydroxyl groups excluding tert-OH is 2. The minimum Gasteiger partial charge on any atom is -0.479 e. The Balaban J connectivity index is 2.06. The Labute approximate surface area is 289 Å². The highest BCUT2D eigenvalue weighted by Crippen LogP contribution is 2.24. The summed E-state index contributed by atoms with van der Waals surface area (Å²) < 4.78 is 17.6. The number of hydrogen-bond donors (Lipinski definition) is 2. The van der Waals surface area contributed by atoms with E-state index in [0.29, 0.717) is 16.5 Å². The summed E-state index contributed by atoms with van der Waals surface area (Å²) in [5.41, 5.74) is 0. The van der Waals surface area contributed by atoms with Crippen molar-refractivity contribution in [3.8, 4) is 0 Å². The second-order valence-electron chi connectivity index (χ2n) is 13.5. The smallest absolute Gasteiger partial charge is 0.160 e. The third-order valence-electron chi connectivity index (χ3n) is 9.25. The first kappa shape index (κ1) is 42.7. The van der Waals surface area contributed by atoms with Crippen molar-refractivity contribution in [2.75, 3.05) is 13.2 Å². The number of rotatable bonds is 32. The van der Waals surface area contributed by atoms with Crippen LogP contribution in [0.3, 0.4) is 0 Å². The first-order valence-corrected chi connectivity index (χ1v) is 20.1. The largest absolute Gasteiger partial charge is 0.479 e. The van der Waals surface area contributed by atoms with Gasteiger partial charge >= 0.3 is 0 Å². The molecular weight excluding hydrogens is 601 g/mol. The molecule has 0 saturated carbocycles. The highest BCUT2D eigenvalue weighted by molar-refractivity contribution is 7.80. The third-order valence-corrected chi connectivity index (χ3v) is 9.85. The lowest BCUT2D eigenvalue weighted by Crippen LogP contribution is -2.43. The fourth-order valence-corrected chi connectivity index (χ4v) is 6.82. The van der Waals surface area contributed by atoms with Gasteiger partial charge in [0.2, 0.25) is 0 Å². The fourth-order valence-electron chi connectivity index (χ4n) is 6.28. The standard InChI is InChI=1S/C38H72O5S2/c1-3-5-7-9-11-13-15-17-19-21-23-25-27-29-35(44)42-33(31-39)38-37(40)34(32-41-38)43-36(45)30-28-26-24-22-20-18-16-14-12-10-8-6-4-2/h33-34,37-40H,3-32H2,1-2H3/t33-,34+,37-,38-/m1/s1. The number of unbranched alkanes of at least 4 members (excludes halogenated alkanes) is 24. The van der Waals surface area contributed by atoms with Crippen LogP contribution in [0.5, 0.6) is 0 Å². The molecule has 1 rings (SSSR count). The van der Waals surface area contributed by atoms with Gasteiger partial charge in [-0.3, -0.25) is 0 Å². The van der Waals surface area contributed by atoms with Crippen LogP contribution in [0.2, 0.25) is 0 Å². The van der Waals surface area contributed by atoms with Gasteiger partial charge in [0.15, 0.2) is 22.3 Å². The average molecular weight is 673 g/mol. The molecule has 266 valence electrons. The monoisotopic (exact) mass is 672 g/mol. The molecule has 1 aliphatic rings.